The minimum atomic E-state index is -3.53. The van der Waals surface area contributed by atoms with Gasteiger partial charge in [-0.3, -0.25) is 4.79 Å². The van der Waals surface area contributed by atoms with E-state index in [1.807, 2.05) is 6.92 Å². The largest absolute Gasteiger partial charge is 0.335 e. The van der Waals surface area contributed by atoms with Crippen LogP contribution in [0.2, 0.25) is 0 Å². The highest BCUT2D eigenvalue weighted by Gasteiger charge is 2.34. The molecule has 2 heterocycles. The van der Waals surface area contributed by atoms with Crippen LogP contribution in [0.5, 0.6) is 0 Å². The molecule has 150 valence electrons. The summed E-state index contributed by atoms with van der Waals surface area (Å²) >= 11 is 0. The monoisotopic (exact) mass is 414 g/mol. The molecule has 2 aliphatic heterocycles. The average Bonchev–Trinajstić information content (AvgIpc) is 3.02. The lowest BCUT2D eigenvalue weighted by Crippen LogP contribution is -2.41. The van der Waals surface area contributed by atoms with E-state index in [9.17, 15) is 21.6 Å². The fraction of sp³-hybridized carbons (Fsp3) is 0.611. The summed E-state index contributed by atoms with van der Waals surface area (Å²) in [5, 5.41) is 0. The molecule has 9 heteroatoms. The van der Waals surface area contributed by atoms with Crippen molar-refractivity contribution in [3.63, 3.8) is 0 Å². The molecule has 1 atom stereocenters. The Hall–Kier alpha value is -1.45. The Kier molecular flexibility index (Phi) is 5.93. The molecule has 0 aliphatic carbocycles. The second kappa shape index (κ2) is 7.89. The lowest BCUT2D eigenvalue weighted by molar-refractivity contribution is 0.0708. The molecule has 1 aromatic carbocycles. The molecule has 0 N–H and O–H groups in total. The van der Waals surface area contributed by atoms with E-state index in [4.69, 9.17) is 0 Å². The lowest BCUT2D eigenvalue weighted by Gasteiger charge is -2.27. The van der Waals surface area contributed by atoms with Crippen LogP contribution in [0.15, 0.2) is 29.2 Å². The molecule has 0 spiro atoms. The quantitative estimate of drug-likeness (QED) is 0.728. The Morgan fingerprint density at radius 3 is 2.30 bits per heavy atom. The fourth-order valence-electron chi connectivity index (χ4n) is 3.78. The highest BCUT2D eigenvalue weighted by Crippen LogP contribution is 2.23. The number of sulfonamides is 1. The van der Waals surface area contributed by atoms with Crippen molar-refractivity contribution in [2.75, 3.05) is 31.1 Å². The van der Waals surface area contributed by atoms with Gasteiger partial charge in [-0.2, -0.15) is 4.31 Å². The van der Waals surface area contributed by atoms with Gasteiger partial charge in [0.25, 0.3) is 5.91 Å². The van der Waals surface area contributed by atoms with Crippen LogP contribution in [-0.4, -0.2) is 69.1 Å². The van der Waals surface area contributed by atoms with Gasteiger partial charge in [0, 0.05) is 31.2 Å². The standard InChI is InChI=1S/C18H26N2O5S2/c1-2-20(16-10-13-26(22,23)14-16)18(21)15-6-8-17(9-7-15)27(24,25)19-11-4-3-5-12-19/h6-9,16H,2-5,10-14H2,1H3/t16-/m1/s1. The first-order valence-corrected chi connectivity index (χ1v) is 12.6. The maximum Gasteiger partial charge on any atom is 0.254 e. The molecule has 0 saturated carbocycles. The Morgan fingerprint density at radius 1 is 1.15 bits per heavy atom. The van der Waals surface area contributed by atoms with Gasteiger partial charge in [0.15, 0.2) is 9.84 Å². The van der Waals surface area contributed by atoms with E-state index < -0.39 is 19.9 Å². The number of benzene rings is 1. The van der Waals surface area contributed by atoms with Crippen molar-refractivity contribution in [2.45, 2.75) is 43.5 Å². The molecule has 7 nitrogen and oxygen atoms in total. The number of nitrogens with zero attached hydrogens (tertiary/aromatic N) is 2. The second-order valence-electron chi connectivity index (χ2n) is 7.14. The van der Waals surface area contributed by atoms with Crippen molar-refractivity contribution in [1.29, 1.82) is 0 Å². The molecule has 3 rings (SSSR count). The third kappa shape index (κ3) is 4.35. The summed E-state index contributed by atoms with van der Waals surface area (Å²) in [6.07, 6.45) is 3.23. The van der Waals surface area contributed by atoms with E-state index in [0.717, 1.165) is 19.3 Å². The number of sulfone groups is 1. The highest BCUT2D eigenvalue weighted by molar-refractivity contribution is 7.91. The number of hydrogen-bond acceptors (Lipinski definition) is 5. The third-order valence-corrected chi connectivity index (χ3v) is 8.97. The molecule has 0 aromatic heterocycles. The van der Waals surface area contributed by atoms with Crippen LogP contribution in [0, 0.1) is 0 Å². The summed E-state index contributed by atoms with van der Waals surface area (Å²) in [5.41, 5.74) is 0.374. The normalized spacial score (nSPS) is 23.2. The average molecular weight is 415 g/mol. The molecule has 1 amide bonds. The van der Waals surface area contributed by atoms with Crippen LogP contribution in [0.1, 0.15) is 43.0 Å². The molecule has 2 aliphatic rings. The van der Waals surface area contributed by atoms with Crippen molar-refractivity contribution in [3.05, 3.63) is 29.8 Å². The van der Waals surface area contributed by atoms with Crippen LogP contribution < -0.4 is 0 Å². The van der Waals surface area contributed by atoms with Crippen molar-refractivity contribution >= 4 is 25.8 Å². The van der Waals surface area contributed by atoms with E-state index in [1.165, 1.54) is 28.6 Å². The molecule has 27 heavy (non-hydrogen) atoms. The highest BCUT2D eigenvalue weighted by atomic mass is 32.2. The summed E-state index contributed by atoms with van der Waals surface area (Å²) in [5.74, 6) is -0.163. The number of hydrogen-bond donors (Lipinski definition) is 0. The summed E-state index contributed by atoms with van der Waals surface area (Å²) < 4.78 is 50.3. The van der Waals surface area contributed by atoms with Gasteiger partial charge in [0.1, 0.15) is 0 Å². The number of amides is 1. The minimum absolute atomic E-state index is 0.00595. The molecule has 2 saturated heterocycles. The van der Waals surface area contributed by atoms with Gasteiger partial charge in [0.05, 0.1) is 16.4 Å². The number of rotatable bonds is 5. The van der Waals surface area contributed by atoms with Gasteiger partial charge in [-0.1, -0.05) is 6.42 Å². The Morgan fingerprint density at radius 2 is 1.78 bits per heavy atom. The van der Waals surface area contributed by atoms with E-state index in [0.29, 0.717) is 31.6 Å². The summed E-state index contributed by atoms with van der Waals surface area (Å²) in [6.45, 7) is 3.29. The fourth-order valence-corrected chi connectivity index (χ4v) is 7.03. The smallest absolute Gasteiger partial charge is 0.254 e. The van der Waals surface area contributed by atoms with Gasteiger partial charge in [-0.15, -0.1) is 0 Å². The van der Waals surface area contributed by atoms with Crippen LogP contribution in [-0.2, 0) is 19.9 Å². The van der Waals surface area contributed by atoms with Crippen LogP contribution in [0.3, 0.4) is 0 Å². The number of carbonyl (C=O) groups is 1. The Labute approximate surface area is 161 Å². The second-order valence-corrected chi connectivity index (χ2v) is 11.3. The van der Waals surface area contributed by atoms with Crippen LogP contribution in [0.4, 0.5) is 0 Å². The Bertz CT molecular complexity index is 888. The molecule has 0 unspecified atom stereocenters. The van der Waals surface area contributed by atoms with Crippen molar-refractivity contribution in [2.24, 2.45) is 0 Å². The van der Waals surface area contributed by atoms with Crippen molar-refractivity contribution < 1.29 is 21.6 Å². The predicted octanol–water partition coefficient (Wildman–Crippen LogP) is 1.51. The molecular weight excluding hydrogens is 388 g/mol. The zero-order valence-electron chi connectivity index (χ0n) is 15.5. The first-order chi connectivity index (χ1) is 12.7. The van der Waals surface area contributed by atoms with Crippen molar-refractivity contribution in [3.8, 4) is 0 Å². The van der Waals surface area contributed by atoms with E-state index in [1.54, 1.807) is 4.90 Å². The van der Waals surface area contributed by atoms with Crippen LogP contribution >= 0.6 is 0 Å². The summed E-state index contributed by atoms with van der Waals surface area (Å²) in [7, 11) is -6.62. The number of carbonyl (C=O) groups excluding carboxylic acids is 1. The molecule has 0 bridgehead atoms. The lowest BCUT2D eigenvalue weighted by atomic mass is 10.1. The van der Waals surface area contributed by atoms with Gasteiger partial charge in [-0.25, -0.2) is 16.8 Å². The first-order valence-electron chi connectivity index (χ1n) is 9.36. The zero-order valence-corrected chi connectivity index (χ0v) is 17.1. The van der Waals surface area contributed by atoms with E-state index in [2.05, 4.69) is 0 Å². The maximum atomic E-state index is 12.8. The van der Waals surface area contributed by atoms with Gasteiger partial charge in [-0.05, 0) is 50.5 Å². The van der Waals surface area contributed by atoms with E-state index in [-0.39, 0.29) is 28.4 Å². The molecular formula is C18H26N2O5S2. The third-order valence-electron chi connectivity index (χ3n) is 5.30. The molecule has 1 aromatic rings. The topological polar surface area (TPSA) is 91.8 Å². The SMILES string of the molecule is CCN(C(=O)c1ccc(S(=O)(=O)N2CCCCC2)cc1)[C@@H]1CCS(=O)(=O)C1. The van der Waals surface area contributed by atoms with Gasteiger partial charge < -0.3 is 4.90 Å². The van der Waals surface area contributed by atoms with E-state index >= 15 is 0 Å². The molecule has 2 fully saturated rings. The minimum Gasteiger partial charge on any atom is -0.335 e. The van der Waals surface area contributed by atoms with Gasteiger partial charge in [0.2, 0.25) is 10.0 Å². The maximum absolute atomic E-state index is 12.8. The predicted molar refractivity (Wildman–Crippen MR) is 103 cm³/mol. The Balaban J connectivity index is 1.77. The zero-order chi connectivity index (χ0) is 19.7. The molecule has 0 radical (unpaired) electrons. The summed E-state index contributed by atoms with van der Waals surface area (Å²) in [6, 6.07) is 5.66. The number of piperidine rings is 1. The first kappa shape index (κ1) is 20.3. The summed E-state index contributed by atoms with van der Waals surface area (Å²) in [4.78, 5) is 14.6. The van der Waals surface area contributed by atoms with Crippen molar-refractivity contribution in [1.82, 2.24) is 9.21 Å². The van der Waals surface area contributed by atoms with Gasteiger partial charge >= 0.3 is 0 Å². The van der Waals surface area contributed by atoms with Crippen LogP contribution in [0.25, 0.3) is 0 Å².